The molecule has 2 nitrogen and oxygen atoms in total. The third-order valence-corrected chi connectivity index (χ3v) is 3.78. The molecular formula is C15H21F3N2. The first kappa shape index (κ1) is 15.2. The number of anilines is 1. The monoisotopic (exact) mass is 286 g/mol. The van der Waals surface area contributed by atoms with Gasteiger partial charge < -0.3 is 10.6 Å². The summed E-state index contributed by atoms with van der Waals surface area (Å²) in [7, 11) is 0. The number of hydrogen-bond donors (Lipinski definition) is 1. The lowest BCUT2D eigenvalue weighted by atomic mass is 10.0. The van der Waals surface area contributed by atoms with E-state index in [9.17, 15) is 13.2 Å². The van der Waals surface area contributed by atoms with E-state index < -0.39 is 11.7 Å². The quantitative estimate of drug-likeness (QED) is 0.920. The van der Waals surface area contributed by atoms with Crippen LogP contribution in [0.4, 0.5) is 18.9 Å². The molecule has 0 bridgehead atoms. The zero-order valence-corrected chi connectivity index (χ0v) is 11.5. The maximum absolute atomic E-state index is 13.1. The van der Waals surface area contributed by atoms with Crippen molar-refractivity contribution in [2.24, 2.45) is 5.73 Å². The molecule has 0 aliphatic carbocycles. The first-order chi connectivity index (χ1) is 9.52. The Morgan fingerprint density at radius 3 is 2.25 bits per heavy atom. The van der Waals surface area contributed by atoms with E-state index in [0.717, 1.165) is 38.8 Å². The largest absolute Gasteiger partial charge is 0.416 e. The second-order valence-electron chi connectivity index (χ2n) is 5.28. The van der Waals surface area contributed by atoms with Crippen LogP contribution < -0.4 is 10.6 Å². The fraction of sp³-hybridized carbons (Fsp3) is 0.600. The number of benzene rings is 1. The molecule has 1 heterocycles. The average Bonchev–Trinajstić information content (AvgIpc) is 2.67. The Hall–Kier alpha value is -1.23. The summed E-state index contributed by atoms with van der Waals surface area (Å²) < 4.78 is 39.4. The van der Waals surface area contributed by atoms with E-state index >= 15 is 0 Å². The minimum Gasteiger partial charge on any atom is -0.372 e. The van der Waals surface area contributed by atoms with Gasteiger partial charge >= 0.3 is 6.18 Å². The Kier molecular flexibility index (Phi) is 4.91. The summed E-state index contributed by atoms with van der Waals surface area (Å²) in [5.41, 5.74) is 5.83. The highest BCUT2D eigenvalue weighted by Gasteiger charge is 2.33. The summed E-state index contributed by atoms with van der Waals surface area (Å²) in [6.45, 7) is 1.91. The molecule has 2 rings (SSSR count). The molecule has 2 N–H and O–H groups in total. The average molecular weight is 286 g/mol. The fourth-order valence-corrected chi connectivity index (χ4v) is 2.73. The minimum atomic E-state index is -4.31. The van der Waals surface area contributed by atoms with Crippen molar-refractivity contribution in [3.63, 3.8) is 0 Å². The Balaban J connectivity index is 2.30. The van der Waals surface area contributed by atoms with Crippen LogP contribution in [0.3, 0.4) is 0 Å². The van der Waals surface area contributed by atoms with Crippen LogP contribution in [0, 0.1) is 0 Å². The van der Waals surface area contributed by atoms with E-state index in [1.165, 1.54) is 6.07 Å². The second kappa shape index (κ2) is 6.48. The van der Waals surface area contributed by atoms with Crippen LogP contribution in [0.25, 0.3) is 0 Å². The molecule has 1 aromatic carbocycles. The molecule has 1 fully saturated rings. The Morgan fingerprint density at radius 1 is 1.05 bits per heavy atom. The molecular weight excluding hydrogens is 265 g/mol. The number of halogens is 3. The van der Waals surface area contributed by atoms with Gasteiger partial charge in [-0.05, 0) is 43.5 Å². The Bertz CT molecular complexity index is 435. The van der Waals surface area contributed by atoms with Crippen molar-refractivity contribution in [2.45, 2.75) is 38.3 Å². The number of nitrogens with zero attached hydrogens (tertiary/aromatic N) is 1. The molecule has 1 aromatic rings. The lowest BCUT2D eigenvalue weighted by Crippen LogP contribution is -2.24. The Labute approximate surface area is 117 Å². The van der Waals surface area contributed by atoms with Crippen LogP contribution in [-0.4, -0.2) is 19.6 Å². The maximum atomic E-state index is 13.1. The molecule has 1 aliphatic heterocycles. The first-order valence-electron chi connectivity index (χ1n) is 7.17. The zero-order chi connectivity index (χ0) is 14.6. The molecule has 0 radical (unpaired) electrons. The molecule has 112 valence electrons. The van der Waals surface area contributed by atoms with E-state index in [1.54, 1.807) is 12.1 Å². The van der Waals surface area contributed by atoms with E-state index in [1.807, 2.05) is 0 Å². The highest BCUT2D eigenvalue weighted by molar-refractivity contribution is 5.52. The minimum absolute atomic E-state index is 0.228. The van der Waals surface area contributed by atoms with Crippen molar-refractivity contribution in [2.75, 3.05) is 24.5 Å². The molecule has 0 amide bonds. The molecule has 0 aromatic heterocycles. The first-order valence-corrected chi connectivity index (χ1v) is 7.17. The SMILES string of the molecule is NCCc1ccc(N2CCCCCC2)cc1C(F)(F)F. The fourth-order valence-electron chi connectivity index (χ4n) is 2.73. The summed E-state index contributed by atoms with van der Waals surface area (Å²) in [5.74, 6) is 0. The number of alkyl halides is 3. The number of nitrogens with two attached hydrogens (primary N) is 1. The molecule has 0 atom stereocenters. The highest BCUT2D eigenvalue weighted by Crippen LogP contribution is 2.35. The molecule has 0 unspecified atom stereocenters. The van der Waals surface area contributed by atoms with Crippen LogP contribution in [0.15, 0.2) is 18.2 Å². The van der Waals surface area contributed by atoms with Gasteiger partial charge in [0.15, 0.2) is 0 Å². The maximum Gasteiger partial charge on any atom is 0.416 e. The van der Waals surface area contributed by atoms with Gasteiger partial charge in [-0.1, -0.05) is 18.9 Å². The molecule has 0 spiro atoms. The van der Waals surface area contributed by atoms with Gasteiger partial charge in [-0.15, -0.1) is 0 Å². The summed E-state index contributed by atoms with van der Waals surface area (Å²) >= 11 is 0. The van der Waals surface area contributed by atoms with Crippen LogP contribution in [0.2, 0.25) is 0 Å². The second-order valence-corrected chi connectivity index (χ2v) is 5.28. The summed E-state index contributed by atoms with van der Waals surface area (Å²) in [4.78, 5) is 2.06. The van der Waals surface area contributed by atoms with E-state index in [2.05, 4.69) is 4.90 Å². The van der Waals surface area contributed by atoms with E-state index in [-0.39, 0.29) is 13.0 Å². The number of hydrogen-bond acceptors (Lipinski definition) is 2. The lowest BCUT2D eigenvalue weighted by molar-refractivity contribution is -0.138. The predicted molar refractivity (Wildman–Crippen MR) is 74.9 cm³/mol. The van der Waals surface area contributed by atoms with Gasteiger partial charge in [-0.25, -0.2) is 0 Å². The zero-order valence-electron chi connectivity index (χ0n) is 11.5. The topological polar surface area (TPSA) is 29.3 Å². The molecule has 0 saturated carbocycles. The van der Waals surface area contributed by atoms with Crippen molar-refractivity contribution in [1.29, 1.82) is 0 Å². The van der Waals surface area contributed by atoms with Gasteiger partial charge in [0.2, 0.25) is 0 Å². The van der Waals surface area contributed by atoms with Gasteiger partial charge in [0.25, 0.3) is 0 Å². The lowest BCUT2D eigenvalue weighted by Gasteiger charge is -2.24. The summed E-state index contributed by atoms with van der Waals surface area (Å²) in [5, 5.41) is 0. The van der Waals surface area contributed by atoms with Gasteiger partial charge in [-0.3, -0.25) is 0 Å². The molecule has 5 heteroatoms. The molecule has 20 heavy (non-hydrogen) atoms. The van der Waals surface area contributed by atoms with Crippen LogP contribution >= 0.6 is 0 Å². The van der Waals surface area contributed by atoms with Crippen molar-refractivity contribution in [3.05, 3.63) is 29.3 Å². The number of rotatable bonds is 3. The van der Waals surface area contributed by atoms with Gasteiger partial charge in [0.1, 0.15) is 0 Å². The standard InChI is InChI=1S/C15H21F3N2/c16-15(17,18)14-11-13(6-5-12(14)7-8-19)20-9-3-1-2-4-10-20/h5-6,11H,1-4,7-10,19H2. The third kappa shape index (κ3) is 3.66. The normalized spacial score (nSPS) is 17.1. The van der Waals surface area contributed by atoms with Crippen LogP contribution in [0.1, 0.15) is 36.8 Å². The van der Waals surface area contributed by atoms with Crippen molar-refractivity contribution < 1.29 is 13.2 Å². The van der Waals surface area contributed by atoms with Crippen LogP contribution in [0.5, 0.6) is 0 Å². The smallest absolute Gasteiger partial charge is 0.372 e. The molecule has 1 aliphatic rings. The van der Waals surface area contributed by atoms with Crippen molar-refractivity contribution >= 4 is 5.69 Å². The van der Waals surface area contributed by atoms with E-state index in [4.69, 9.17) is 5.73 Å². The van der Waals surface area contributed by atoms with Crippen molar-refractivity contribution in [3.8, 4) is 0 Å². The third-order valence-electron chi connectivity index (χ3n) is 3.78. The van der Waals surface area contributed by atoms with E-state index in [0.29, 0.717) is 11.3 Å². The van der Waals surface area contributed by atoms with Gasteiger partial charge in [0, 0.05) is 18.8 Å². The van der Waals surface area contributed by atoms with Gasteiger partial charge in [0.05, 0.1) is 5.56 Å². The highest BCUT2D eigenvalue weighted by atomic mass is 19.4. The Morgan fingerprint density at radius 2 is 1.70 bits per heavy atom. The van der Waals surface area contributed by atoms with Crippen LogP contribution in [-0.2, 0) is 12.6 Å². The predicted octanol–water partition coefficient (Wildman–Crippen LogP) is 3.59. The van der Waals surface area contributed by atoms with Gasteiger partial charge in [-0.2, -0.15) is 13.2 Å². The molecule has 1 saturated heterocycles. The summed E-state index contributed by atoms with van der Waals surface area (Å²) in [6.07, 6.45) is 0.362. The summed E-state index contributed by atoms with van der Waals surface area (Å²) in [6, 6.07) is 4.66. The van der Waals surface area contributed by atoms with Crippen molar-refractivity contribution in [1.82, 2.24) is 0 Å².